The van der Waals surface area contributed by atoms with Gasteiger partial charge in [0.15, 0.2) is 0 Å². The van der Waals surface area contributed by atoms with Gasteiger partial charge in [0, 0.05) is 30.2 Å². The second-order valence-corrected chi connectivity index (χ2v) is 7.29. The monoisotopic (exact) mass is 271 g/mol. The zero-order valence-electron chi connectivity index (χ0n) is 9.54. The van der Waals surface area contributed by atoms with Gasteiger partial charge in [0.2, 0.25) is 0 Å². The molecule has 0 aliphatic heterocycles. The SMILES string of the molecule is Cc1ccc(S(=O)(=O)N(C)Cc2cn[nH]c2)s1. The lowest BCUT2D eigenvalue weighted by Gasteiger charge is -2.14. The van der Waals surface area contributed by atoms with Gasteiger partial charge < -0.3 is 0 Å². The lowest BCUT2D eigenvalue weighted by atomic mass is 10.4. The molecule has 0 spiro atoms. The molecule has 2 aromatic rings. The first-order valence-corrected chi connectivity index (χ1v) is 7.26. The predicted octanol–water partition coefficient (Wildman–Crippen LogP) is 1.60. The van der Waals surface area contributed by atoms with Gasteiger partial charge in [0.1, 0.15) is 4.21 Å². The Labute approximate surface area is 104 Å². The Morgan fingerprint density at radius 2 is 2.24 bits per heavy atom. The molecule has 0 aliphatic carbocycles. The lowest BCUT2D eigenvalue weighted by Crippen LogP contribution is -2.25. The Balaban J connectivity index is 2.21. The molecule has 0 aromatic carbocycles. The molecule has 0 unspecified atom stereocenters. The molecule has 17 heavy (non-hydrogen) atoms. The molecule has 0 saturated carbocycles. The van der Waals surface area contributed by atoms with E-state index in [1.165, 1.54) is 15.6 Å². The highest BCUT2D eigenvalue weighted by atomic mass is 32.2. The van der Waals surface area contributed by atoms with Gasteiger partial charge in [-0.3, -0.25) is 5.10 Å². The summed E-state index contributed by atoms with van der Waals surface area (Å²) in [6, 6.07) is 3.45. The summed E-state index contributed by atoms with van der Waals surface area (Å²) in [4.78, 5) is 0.986. The van der Waals surface area contributed by atoms with Gasteiger partial charge in [-0.15, -0.1) is 11.3 Å². The molecular weight excluding hydrogens is 258 g/mol. The number of aromatic nitrogens is 2. The molecule has 2 aromatic heterocycles. The summed E-state index contributed by atoms with van der Waals surface area (Å²) in [6.07, 6.45) is 3.30. The van der Waals surface area contributed by atoms with Crippen molar-refractivity contribution < 1.29 is 8.42 Å². The van der Waals surface area contributed by atoms with Crippen molar-refractivity contribution in [1.29, 1.82) is 0 Å². The fourth-order valence-corrected chi connectivity index (χ4v) is 4.06. The number of sulfonamides is 1. The van der Waals surface area contributed by atoms with Crippen LogP contribution in [0.4, 0.5) is 0 Å². The summed E-state index contributed by atoms with van der Waals surface area (Å²) < 4.78 is 26.1. The van der Waals surface area contributed by atoms with Gasteiger partial charge >= 0.3 is 0 Å². The normalized spacial score (nSPS) is 12.2. The smallest absolute Gasteiger partial charge is 0.252 e. The van der Waals surface area contributed by atoms with Crippen molar-refractivity contribution >= 4 is 21.4 Å². The van der Waals surface area contributed by atoms with Crippen molar-refractivity contribution in [2.45, 2.75) is 17.7 Å². The molecule has 0 amide bonds. The third-order valence-corrected chi connectivity index (χ3v) is 5.61. The van der Waals surface area contributed by atoms with E-state index >= 15 is 0 Å². The number of nitrogens with one attached hydrogen (secondary N) is 1. The van der Waals surface area contributed by atoms with Gasteiger partial charge in [0.25, 0.3) is 10.0 Å². The number of H-pyrrole nitrogens is 1. The van der Waals surface area contributed by atoms with Crippen molar-refractivity contribution in [2.75, 3.05) is 7.05 Å². The maximum atomic E-state index is 12.2. The van der Waals surface area contributed by atoms with Crippen molar-refractivity contribution in [3.8, 4) is 0 Å². The number of nitrogens with zero attached hydrogens (tertiary/aromatic N) is 2. The Morgan fingerprint density at radius 1 is 1.47 bits per heavy atom. The van der Waals surface area contributed by atoms with Crippen molar-refractivity contribution in [3.05, 3.63) is 35.0 Å². The highest BCUT2D eigenvalue weighted by molar-refractivity contribution is 7.91. The maximum Gasteiger partial charge on any atom is 0.252 e. The van der Waals surface area contributed by atoms with Crippen LogP contribution in [0.5, 0.6) is 0 Å². The number of rotatable bonds is 4. The number of hydrogen-bond acceptors (Lipinski definition) is 4. The van der Waals surface area contributed by atoms with E-state index in [4.69, 9.17) is 0 Å². The molecule has 0 bridgehead atoms. The first-order chi connectivity index (χ1) is 8.00. The molecule has 92 valence electrons. The third-order valence-electron chi connectivity index (χ3n) is 2.34. The van der Waals surface area contributed by atoms with E-state index in [9.17, 15) is 8.42 Å². The van der Waals surface area contributed by atoms with Gasteiger partial charge in [-0.05, 0) is 19.1 Å². The molecule has 2 heterocycles. The minimum atomic E-state index is -3.38. The fraction of sp³-hybridized carbons (Fsp3) is 0.300. The molecule has 7 heteroatoms. The molecule has 0 fully saturated rings. The number of aromatic amines is 1. The molecule has 1 N–H and O–H groups in total. The fourth-order valence-electron chi connectivity index (χ4n) is 1.41. The standard InChI is InChI=1S/C10H13N3O2S2/c1-8-3-4-10(16-8)17(14,15)13(2)7-9-5-11-12-6-9/h3-6H,7H2,1-2H3,(H,11,12). The Bertz CT molecular complexity index is 587. The van der Waals surface area contributed by atoms with Gasteiger partial charge in [0.05, 0.1) is 6.20 Å². The summed E-state index contributed by atoms with van der Waals surface area (Å²) in [7, 11) is -1.82. The van der Waals surface area contributed by atoms with E-state index in [2.05, 4.69) is 10.2 Å². The second kappa shape index (κ2) is 4.59. The molecule has 0 radical (unpaired) electrons. The van der Waals surface area contributed by atoms with Crippen LogP contribution in [0, 0.1) is 6.92 Å². The summed E-state index contributed by atoms with van der Waals surface area (Å²) in [5, 5.41) is 6.45. The predicted molar refractivity (Wildman–Crippen MR) is 66.3 cm³/mol. The van der Waals surface area contributed by atoms with Crippen molar-refractivity contribution in [3.63, 3.8) is 0 Å². The minimum Gasteiger partial charge on any atom is -0.285 e. The van der Waals surface area contributed by atoms with Crippen LogP contribution in [0.1, 0.15) is 10.4 Å². The quantitative estimate of drug-likeness (QED) is 0.918. The van der Waals surface area contributed by atoms with Crippen LogP contribution in [0.2, 0.25) is 0 Å². The number of aryl methyl sites for hydroxylation is 1. The molecule has 0 saturated heterocycles. The van der Waals surface area contributed by atoms with Crippen LogP contribution < -0.4 is 0 Å². The van der Waals surface area contributed by atoms with Crippen LogP contribution in [-0.2, 0) is 16.6 Å². The van der Waals surface area contributed by atoms with E-state index in [1.807, 2.05) is 13.0 Å². The zero-order chi connectivity index (χ0) is 12.5. The average molecular weight is 271 g/mol. The van der Waals surface area contributed by atoms with E-state index in [1.54, 1.807) is 25.5 Å². The first-order valence-electron chi connectivity index (χ1n) is 5.00. The average Bonchev–Trinajstić information content (AvgIpc) is 2.89. The van der Waals surface area contributed by atoms with E-state index < -0.39 is 10.0 Å². The largest absolute Gasteiger partial charge is 0.285 e. The van der Waals surface area contributed by atoms with Gasteiger partial charge in [-0.25, -0.2) is 8.42 Å². The maximum absolute atomic E-state index is 12.2. The summed E-state index contributed by atoms with van der Waals surface area (Å²) in [5.41, 5.74) is 0.837. The summed E-state index contributed by atoms with van der Waals surface area (Å²) >= 11 is 1.28. The van der Waals surface area contributed by atoms with Crippen LogP contribution >= 0.6 is 11.3 Å². The van der Waals surface area contributed by atoms with E-state index in [0.29, 0.717) is 10.8 Å². The number of hydrogen-bond donors (Lipinski definition) is 1. The molecule has 0 aliphatic rings. The Hall–Kier alpha value is -1.18. The van der Waals surface area contributed by atoms with Crippen molar-refractivity contribution in [2.24, 2.45) is 0 Å². The zero-order valence-corrected chi connectivity index (χ0v) is 11.2. The van der Waals surface area contributed by atoms with E-state index in [0.717, 1.165) is 10.4 Å². The van der Waals surface area contributed by atoms with Crippen molar-refractivity contribution in [1.82, 2.24) is 14.5 Å². The van der Waals surface area contributed by atoms with E-state index in [-0.39, 0.29) is 0 Å². The van der Waals surface area contributed by atoms with Crippen LogP contribution in [0.25, 0.3) is 0 Å². The van der Waals surface area contributed by atoms with Crippen LogP contribution in [0.15, 0.2) is 28.7 Å². The van der Waals surface area contributed by atoms with Crippen LogP contribution in [0.3, 0.4) is 0 Å². The highest BCUT2D eigenvalue weighted by Crippen LogP contribution is 2.24. The summed E-state index contributed by atoms with van der Waals surface area (Å²) in [6.45, 7) is 2.20. The Kier molecular flexibility index (Phi) is 3.32. The molecular formula is C10H13N3O2S2. The van der Waals surface area contributed by atoms with Crippen LogP contribution in [-0.4, -0.2) is 30.0 Å². The highest BCUT2D eigenvalue weighted by Gasteiger charge is 2.22. The van der Waals surface area contributed by atoms with Gasteiger partial charge in [-0.1, -0.05) is 0 Å². The molecule has 5 nitrogen and oxygen atoms in total. The summed E-state index contributed by atoms with van der Waals surface area (Å²) in [5.74, 6) is 0. The topological polar surface area (TPSA) is 66.1 Å². The Morgan fingerprint density at radius 3 is 2.76 bits per heavy atom. The third kappa shape index (κ3) is 2.56. The molecule has 2 rings (SSSR count). The lowest BCUT2D eigenvalue weighted by molar-refractivity contribution is 0.468. The molecule has 0 atom stereocenters. The minimum absolute atomic E-state index is 0.315. The first kappa shape index (κ1) is 12.3. The van der Waals surface area contributed by atoms with Gasteiger partial charge in [-0.2, -0.15) is 9.40 Å². The second-order valence-electron chi connectivity index (χ2n) is 3.73. The number of thiophene rings is 1.